The van der Waals surface area contributed by atoms with Gasteiger partial charge in [-0.15, -0.1) is 0 Å². The third kappa shape index (κ3) is 7.61. The topological polar surface area (TPSA) is 105 Å². The number of aryl methyl sites for hydroxylation is 1. The van der Waals surface area contributed by atoms with E-state index in [1.165, 1.54) is 12.0 Å². The summed E-state index contributed by atoms with van der Waals surface area (Å²) >= 11 is 0. The van der Waals surface area contributed by atoms with E-state index < -0.39 is 28.5 Å². The Labute approximate surface area is 214 Å². The van der Waals surface area contributed by atoms with E-state index in [-0.39, 0.29) is 24.2 Å². The molecule has 9 nitrogen and oxygen atoms in total. The minimum atomic E-state index is -3.86. The predicted octanol–water partition coefficient (Wildman–Crippen LogP) is 3.11. The van der Waals surface area contributed by atoms with Crippen LogP contribution in [-0.4, -0.2) is 64.2 Å². The molecule has 0 saturated carbocycles. The second-order valence-corrected chi connectivity index (χ2v) is 10.7. The Hall–Kier alpha value is -3.27. The van der Waals surface area contributed by atoms with Crippen LogP contribution in [0.4, 0.5) is 5.69 Å². The lowest BCUT2D eigenvalue weighted by Crippen LogP contribution is -2.52. The minimum absolute atomic E-state index is 0.0715. The van der Waals surface area contributed by atoms with Crippen molar-refractivity contribution in [3.8, 4) is 11.5 Å². The van der Waals surface area contributed by atoms with E-state index in [2.05, 4.69) is 5.32 Å². The highest BCUT2D eigenvalue weighted by Crippen LogP contribution is 2.31. The van der Waals surface area contributed by atoms with E-state index >= 15 is 0 Å². The van der Waals surface area contributed by atoms with Crippen LogP contribution >= 0.6 is 0 Å². The number of hydrogen-bond acceptors (Lipinski definition) is 6. The quantitative estimate of drug-likeness (QED) is 0.462. The van der Waals surface area contributed by atoms with E-state index in [1.807, 2.05) is 26.8 Å². The molecule has 0 spiro atoms. The number of nitrogens with one attached hydrogen (secondary N) is 1. The van der Waals surface area contributed by atoms with Gasteiger partial charge in [0.05, 0.1) is 26.2 Å². The Morgan fingerprint density at radius 2 is 1.75 bits per heavy atom. The van der Waals surface area contributed by atoms with Gasteiger partial charge < -0.3 is 19.7 Å². The third-order valence-electron chi connectivity index (χ3n) is 5.94. The standard InChI is InChI=1S/C26H37N3O6S/c1-8-19(3)27-26(31)20(4)28(16-21-10-9-11-22(15-21)34-5)25(30)17-29(36(7,32)33)23-14-18(2)12-13-24(23)35-6/h9-15,19-20H,8,16-17H2,1-7H3,(H,27,31)/t19-,20+/m0/s1. The summed E-state index contributed by atoms with van der Waals surface area (Å²) in [6.07, 6.45) is 1.77. The average Bonchev–Trinajstić information content (AvgIpc) is 2.84. The predicted molar refractivity (Wildman–Crippen MR) is 141 cm³/mol. The molecule has 0 fully saturated rings. The number of sulfonamides is 1. The van der Waals surface area contributed by atoms with Crippen molar-refractivity contribution in [2.24, 2.45) is 0 Å². The molecule has 0 aromatic heterocycles. The molecule has 2 atom stereocenters. The van der Waals surface area contributed by atoms with Gasteiger partial charge in [-0.2, -0.15) is 0 Å². The van der Waals surface area contributed by atoms with Gasteiger partial charge in [0.2, 0.25) is 21.8 Å². The summed E-state index contributed by atoms with van der Waals surface area (Å²) < 4.78 is 37.3. The lowest BCUT2D eigenvalue weighted by atomic mass is 10.1. The number of carbonyl (C=O) groups excluding carboxylic acids is 2. The summed E-state index contributed by atoms with van der Waals surface area (Å²) in [6, 6.07) is 11.3. The third-order valence-corrected chi connectivity index (χ3v) is 7.06. The van der Waals surface area contributed by atoms with E-state index in [0.717, 1.165) is 28.1 Å². The molecular weight excluding hydrogens is 482 g/mol. The maximum Gasteiger partial charge on any atom is 0.244 e. The Bertz CT molecular complexity index is 1170. The zero-order chi connectivity index (χ0) is 27.0. The molecule has 2 amide bonds. The molecule has 0 saturated heterocycles. The molecule has 0 heterocycles. The van der Waals surface area contributed by atoms with E-state index in [4.69, 9.17) is 9.47 Å². The number of benzene rings is 2. The van der Waals surface area contributed by atoms with Crippen molar-refractivity contribution in [1.29, 1.82) is 0 Å². The lowest BCUT2D eigenvalue weighted by Gasteiger charge is -2.32. The van der Waals surface area contributed by atoms with Crippen LogP contribution in [0.1, 0.15) is 38.3 Å². The maximum absolute atomic E-state index is 13.7. The molecule has 2 rings (SSSR count). The Balaban J connectivity index is 2.47. The first-order valence-electron chi connectivity index (χ1n) is 11.8. The summed E-state index contributed by atoms with van der Waals surface area (Å²) in [6.45, 7) is 6.88. The molecule has 0 aliphatic heterocycles. The number of ether oxygens (including phenoxy) is 2. The van der Waals surface area contributed by atoms with Crippen molar-refractivity contribution in [3.63, 3.8) is 0 Å². The Morgan fingerprint density at radius 1 is 1.06 bits per heavy atom. The maximum atomic E-state index is 13.7. The number of nitrogens with zero attached hydrogens (tertiary/aromatic N) is 2. The van der Waals surface area contributed by atoms with Crippen LogP contribution in [0.15, 0.2) is 42.5 Å². The number of hydrogen-bond donors (Lipinski definition) is 1. The molecule has 1 N–H and O–H groups in total. The molecule has 198 valence electrons. The molecule has 10 heteroatoms. The van der Waals surface area contributed by atoms with Gasteiger partial charge in [0.1, 0.15) is 24.1 Å². The van der Waals surface area contributed by atoms with Crippen molar-refractivity contribution < 1.29 is 27.5 Å². The second kappa shape index (κ2) is 12.6. The normalized spacial score (nSPS) is 12.9. The highest BCUT2D eigenvalue weighted by atomic mass is 32.2. The van der Waals surface area contributed by atoms with Gasteiger partial charge in [-0.05, 0) is 62.6 Å². The van der Waals surface area contributed by atoms with Crippen LogP contribution < -0.4 is 19.1 Å². The summed E-state index contributed by atoms with van der Waals surface area (Å²) in [4.78, 5) is 28.1. The molecule has 36 heavy (non-hydrogen) atoms. The number of rotatable bonds is 12. The smallest absolute Gasteiger partial charge is 0.244 e. The molecule has 2 aromatic rings. The molecule has 0 bridgehead atoms. The molecule has 0 radical (unpaired) electrons. The fourth-order valence-electron chi connectivity index (χ4n) is 3.61. The Kier molecular flexibility index (Phi) is 10.2. The van der Waals surface area contributed by atoms with Crippen molar-refractivity contribution in [1.82, 2.24) is 10.2 Å². The fraction of sp³-hybridized carbons (Fsp3) is 0.462. The van der Waals surface area contributed by atoms with Crippen LogP contribution in [0.2, 0.25) is 0 Å². The van der Waals surface area contributed by atoms with Gasteiger partial charge in [0.25, 0.3) is 0 Å². The Morgan fingerprint density at radius 3 is 2.33 bits per heavy atom. The van der Waals surface area contributed by atoms with E-state index in [0.29, 0.717) is 11.5 Å². The van der Waals surface area contributed by atoms with Gasteiger partial charge in [-0.25, -0.2) is 8.42 Å². The van der Waals surface area contributed by atoms with Crippen LogP contribution in [0.3, 0.4) is 0 Å². The number of amides is 2. The van der Waals surface area contributed by atoms with Gasteiger partial charge in [-0.1, -0.05) is 25.1 Å². The summed E-state index contributed by atoms with van der Waals surface area (Å²) in [5.74, 6) is 0.0813. The number of methoxy groups -OCH3 is 2. The largest absolute Gasteiger partial charge is 0.497 e. The molecule has 0 unspecified atom stereocenters. The van der Waals surface area contributed by atoms with Gasteiger partial charge in [-0.3, -0.25) is 13.9 Å². The summed E-state index contributed by atoms with van der Waals surface area (Å²) in [5, 5.41) is 2.90. The van der Waals surface area contributed by atoms with E-state index in [9.17, 15) is 18.0 Å². The van der Waals surface area contributed by atoms with Gasteiger partial charge >= 0.3 is 0 Å². The van der Waals surface area contributed by atoms with Crippen molar-refractivity contribution in [3.05, 3.63) is 53.6 Å². The zero-order valence-electron chi connectivity index (χ0n) is 22.1. The highest BCUT2D eigenvalue weighted by Gasteiger charge is 2.31. The van der Waals surface area contributed by atoms with Crippen molar-refractivity contribution in [2.45, 2.75) is 52.7 Å². The molecule has 0 aliphatic carbocycles. The highest BCUT2D eigenvalue weighted by molar-refractivity contribution is 7.92. The first kappa shape index (κ1) is 29.0. The van der Waals surface area contributed by atoms with Crippen LogP contribution in [-0.2, 0) is 26.2 Å². The average molecular weight is 520 g/mol. The lowest BCUT2D eigenvalue weighted by molar-refractivity contribution is -0.139. The van der Waals surface area contributed by atoms with E-state index in [1.54, 1.807) is 50.4 Å². The number of anilines is 1. The van der Waals surface area contributed by atoms with Crippen LogP contribution in [0, 0.1) is 6.92 Å². The van der Waals surface area contributed by atoms with Crippen molar-refractivity contribution >= 4 is 27.5 Å². The molecule has 2 aromatic carbocycles. The minimum Gasteiger partial charge on any atom is -0.497 e. The van der Waals surface area contributed by atoms with Gasteiger partial charge in [0.15, 0.2) is 0 Å². The molecule has 0 aliphatic rings. The number of carbonyl (C=O) groups is 2. The first-order chi connectivity index (χ1) is 16.9. The zero-order valence-corrected chi connectivity index (χ0v) is 22.9. The fourth-order valence-corrected chi connectivity index (χ4v) is 4.45. The van der Waals surface area contributed by atoms with Gasteiger partial charge in [0, 0.05) is 12.6 Å². The van der Waals surface area contributed by atoms with Crippen LogP contribution in [0.25, 0.3) is 0 Å². The molecular formula is C26H37N3O6S. The summed E-state index contributed by atoms with van der Waals surface area (Å²) in [5.41, 5.74) is 1.80. The SMILES string of the molecule is CC[C@H](C)NC(=O)[C@@H](C)N(Cc1cccc(OC)c1)C(=O)CN(c1cc(C)ccc1OC)S(C)(=O)=O. The van der Waals surface area contributed by atoms with Crippen molar-refractivity contribution in [2.75, 3.05) is 31.3 Å². The monoisotopic (exact) mass is 519 g/mol. The second-order valence-electron chi connectivity index (χ2n) is 8.81. The first-order valence-corrected chi connectivity index (χ1v) is 13.6. The summed E-state index contributed by atoms with van der Waals surface area (Å²) in [7, 11) is -0.881. The van der Waals surface area contributed by atoms with Crippen LogP contribution in [0.5, 0.6) is 11.5 Å².